The van der Waals surface area contributed by atoms with E-state index in [1.807, 2.05) is 0 Å². The Bertz CT molecular complexity index is 371. The lowest BCUT2D eigenvalue weighted by Gasteiger charge is -2.09. The number of carboxylic acids is 1. The minimum absolute atomic E-state index is 0. The molecule has 1 aromatic rings. The molecule has 0 saturated carbocycles. The lowest BCUT2D eigenvalue weighted by molar-refractivity contribution is 0.0697. The molecule has 0 heterocycles. The summed E-state index contributed by atoms with van der Waals surface area (Å²) in [7, 11) is 1.44. The predicted molar refractivity (Wildman–Crippen MR) is 60.0 cm³/mol. The summed E-state index contributed by atoms with van der Waals surface area (Å²) < 4.78 is 4.93. The normalized spacial score (nSPS) is 9.00. The smallest absolute Gasteiger partial charge is 0.337 e. The van der Waals surface area contributed by atoms with Crippen molar-refractivity contribution in [2.75, 3.05) is 12.5 Å². The summed E-state index contributed by atoms with van der Waals surface area (Å²) in [5.74, 6) is 4.45. The van der Waals surface area contributed by atoms with Gasteiger partial charge in [-0.05, 0) is 6.07 Å². The lowest BCUT2D eigenvalue weighted by Crippen LogP contribution is -2.10. The number of hydrogen-bond acceptors (Lipinski definition) is 4. The molecule has 0 aliphatic heterocycles. The summed E-state index contributed by atoms with van der Waals surface area (Å²) >= 11 is 5.70. The fourth-order valence-electron chi connectivity index (χ4n) is 1.00. The number of nitrogens with one attached hydrogen (secondary N) is 1. The minimum Gasteiger partial charge on any atom is -0.494 e. The lowest BCUT2D eigenvalue weighted by atomic mass is 10.2. The number of methoxy groups -OCH3 is 1. The van der Waals surface area contributed by atoms with Crippen LogP contribution in [0, 0.1) is 0 Å². The van der Waals surface area contributed by atoms with Gasteiger partial charge in [-0.1, -0.05) is 11.6 Å². The first-order chi connectivity index (χ1) is 6.60. The highest BCUT2D eigenvalue weighted by Crippen LogP contribution is 2.30. The first kappa shape index (κ1) is 13.8. The first-order valence-corrected chi connectivity index (χ1v) is 4.05. The Morgan fingerprint density at radius 1 is 1.60 bits per heavy atom. The Morgan fingerprint density at radius 3 is 2.60 bits per heavy atom. The third-order valence-corrected chi connectivity index (χ3v) is 1.99. The summed E-state index contributed by atoms with van der Waals surface area (Å²) in [6, 6.07) is 2.70. The highest BCUT2D eigenvalue weighted by atomic mass is 35.5. The monoisotopic (exact) mass is 252 g/mol. The van der Waals surface area contributed by atoms with Crippen LogP contribution in [0.3, 0.4) is 0 Å². The topological polar surface area (TPSA) is 84.6 Å². The molecule has 7 heteroatoms. The number of ether oxygens (including phenoxy) is 1. The number of carboxylic acid groups (broad SMARTS) is 1. The van der Waals surface area contributed by atoms with Crippen LogP contribution in [0.2, 0.25) is 5.02 Å². The highest BCUT2D eigenvalue weighted by Gasteiger charge is 2.13. The Balaban J connectivity index is 0.00000196. The van der Waals surface area contributed by atoms with E-state index < -0.39 is 5.97 Å². The molecule has 0 spiro atoms. The van der Waals surface area contributed by atoms with Gasteiger partial charge in [0.2, 0.25) is 0 Å². The van der Waals surface area contributed by atoms with Crippen molar-refractivity contribution in [1.82, 2.24) is 0 Å². The van der Waals surface area contributed by atoms with Crippen molar-refractivity contribution in [2.24, 2.45) is 5.84 Å². The molecule has 0 saturated heterocycles. The van der Waals surface area contributed by atoms with Gasteiger partial charge in [0.25, 0.3) is 0 Å². The van der Waals surface area contributed by atoms with E-state index in [0.717, 1.165) is 0 Å². The van der Waals surface area contributed by atoms with Crippen molar-refractivity contribution < 1.29 is 14.6 Å². The average Bonchev–Trinajstić information content (AvgIpc) is 2.16. The van der Waals surface area contributed by atoms with E-state index in [4.69, 9.17) is 27.3 Å². The molecular formula is C8H10Cl2N2O3. The zero-order valence-electron chi connectivity index (χ0n) is 7.78. The van der Waals surface area contributed by atoms with Crippen LogP contribution in [0.25, 0.3) is 0 Å². The van der Waals surface area contributed by atoms with Gasteiger partial charge < -0.3 is 15.3 Å². The van der Waals surface area contributed by atoms with E-state index in [1.165, 1.54) is 19.2 Å². The predicted octanol–water partition coefficient (Wildman–Crippen LogP) is 1.75. The third-order valence-electron chi connectivity index (χ3n) is 1.68. The van der Waals surface area contributed by atoms with E-state index in [-0.39, 0.29) is 23.0 Å². The summed E-state index contributed by atoms with van der Waals surface area (Å²) in [4.78, 5) is 10.7. The number of aromatic carboxylic acids is 1. The van der Waals surface area contributed by atoms with Gasteiger partial charge in [-0.3, -0.25) is 5.84 Å². The number of carbonyl (C=O) groups is 1. The second kappa shape index (κ2) is 5.65. The van der Waals surface area contributed by atoms with E-state index in [2.05, 4.69) is 5.43 Å². The zero-order valence-corrected chi connectivity index (χ0v) is 9.35. The third kappa shape index (κ3) is 2.89. The van der Waals surface area contributed by atoms with Crippen LogP contribution in [0.5, 0.6) is 5.75 Å². The summed E-state index contributed by atoms with van der Waals surface area (Å²) in [6.07, 6.45) is 0. The maximum atomic E-state index is 10.7. The molecule has 0 fully saturated rings. The Kier molecular flexibility index (Phi) is 5.21. The van der Waals surface area contributed by atoms with Gasteiger partial charge in [-0.2, -0.15) is 0 Å². The minimum atomic E-state index is -1.12. The molecule has 0 aromatic heterocycles. The second-order valence-corrected chi connectivity index (χ2v) is 2.89. The van der Waals surface area contributed by atoms with Crippen molar-refractivity contribution in [3.05, 3.63) is 22.7 Å². The molecule has 0 aliphatic carbocycles. The van der Waals surface area contributed by atoms with E-state index >= 15 is 0 Å². The molecule has 0 radical (unpaired) electrons. The maximum absolute atomic E-state index is 10.7. The van der Waals surface area contributed by atoms with Gasteiger partial charge in [0.15, 0.2) is 0 Å². The van der Waals surface area contributed by atoms with Gasteiger partial charge in [0.05, 0.1) is 23.4 Å². The molecule has 84 valence electrons. The molecule has 1 aromatic carbocycles. The van der Waals surface area contributed by atoms with Crippen LogP contribution in [0.4, 0.5) is 5.69 Å². The van der Waals surface area contributed by atoms with Crippen LogP contribution in [0.1, 0.15) is 10.4 Å². The fraction of sp³-hybridized carbons (Fsp3) is 0.125. The number of nitrogen functional groups attached to an aromatic ring is 1. The number of benzene rings is 1. The summed E-state index contributed by atoms with van der Waals surface area (Å²) in [5.41, 5.74) is 2.66. The zero-order chi connectivity index (χ0) is 10.7. The second-order valence-electron chi connectivity index (χ2n) is 2.48. The van der Waals surface area contributed by atoms with Crippen LogP contribution >= 0.6 is 24.0 Å². The number of rotatable bonds is 3. The van der Waals surface area contributed by atoms with E-state index in [9.17, 15) is 4.79 Å². The van der Waals surface area contributed by atoms with Gasteiger partial charge in [-0.15, -0.1) is 12.4 Å². The molecule has 5 nitrogen and oxygen atoms in total. The number of hydrazine groups is 1. The molecule has 0 amide bonds. The Hall–Kier alpha value is -1.17. The molecule has 0 bridgehead atoms. The highest BCUT2D eigenvalue weighted by molar-refractivity contribution is 6.33. The molecule has 1 rings (SSSR count). The molecule has 0 aliphatic rings. The molecule has 0 unspecified atom stereocenters. The SMILES string of the molecule is COc1cc(Cl)c(C(=O)O)cc1NN.Cl. The number of nitrogens with two attached hydrogens (primary N) is 1. The standard InChI is InChI=1S/C8H9ClN2O3.ClH/c1-14-7-3-5(9)4(8(12)13)2-6(7)11-10;/h2-3,11H,10H2,1H3,(H,12,13);1H. The summed E-state index contributed by atoms with van der Waals surface area (Å²) in [5, 5.41) is 8.86. The Morgan fingerprint density at radius 2 is 2.20 bits per heavy atom. The maximum Gasteiger partial charge on any atom is 0.337 e. The van der Waals surface area contributed by atoms with Crippen molar-refractivity contribution >= 4 is 35.7 Å². The van der Waals surface area contributed by atoms with E-state index in [1.54, 1.807) is 0 Å². The van der Waals surface area contributed by atoms with Crippen molar-refractivity contribution in [3.63, 3.8) is 0 Å². The van der Waals surface area contributed by atoms with Gasteiger partial charge in [0, 0.05) is 6.07 Å². The van der Waals surface area contributed by atoms with Gasteiger partial charge in [0.1, 0.15) is 5.75 Å². The first-order valence-electron chi connectivity index (χ1n) is 3.67. The molecule has 4 N–H and O–H groups in total. The van der Waals surface area contributed by atoms with Crippen LogP contribution < -0.4 is 16.0 Å². The number of anilines is 1. The largest absolute Gasteiger partial charge is 0.494 e. The van der Waals surface area contributed by atoms with Crippen LogP contribution in [-0.2, 0) is 0 Å². The van der Waals surface area contributed by atoms with Crippen LogP contribution in [0.15, 0.2) is 12.1 Å². The molecular weight excluding hydrogens is 243 g/mol. The summed E-state index contributed by atoms with van der Waals surface area (Å²) in [6.45, 7) is 0. The fourth-order valence-corrected chi connectivity index (χ4v) is 1.24. The number of halogens is 2. The number of hydrogen-bond donors (Lipinski definition) is 3. The van der Waals surface area contributed by atoms with E-state index in [0.29, 0.717) is 11.4 Å². The van der Waals surface area contributed by atoms with Gasteiger partial charge >= 0.3 is 5.97 Å². The molecule has 15 heavy (non-hydrogen) atoms. The Labute approximate surface area is 97.5 Å². The van der Waals surface area contributed by atoms with Crippen molar-refractivity contribution in [3.8, 4) is 5.75 Å². The average molecular weight is 253 g/mol. The van der Waals surface area contributed by atoms with Gasteiger partial charge in [-0.25, -0.2) is 4.79 Å². The quantitative estimate of drug-likeness (QED) is 0.564. The molecule has 0 atom stereocenters. The van der Waals surface area contributed by atoms with Crippen molar-refractivity contribution in [2.45, 2.75) is 0 Å². The van der Waals surface area contributed by atoms with Crippen LogP contribution in [-0.4, -0.2) is 18.2 Å². The van der Waals surface area contributed by atoms with Crippen molar-refractivity contribution in [1.29, 1.82) is 0 Å².